The summed E-state index contributed by atoms with van der Waals surface area (Å²) < 4.78 is 1.41. The summed E-state index contributed by atoms with van der Waals surface area (Å²) in [5.41, 5.74) is 1.49. The highest BCUT2D eigenvalue weighted by atomic mass is 35.5. The Morgan fingerprint density at radius 3 is 3.11 bits per heavy atom. The van der Waals surface area contributed by atoms with Gasteiger partial charge in [0.1, 0.15) is 0 Å². The molecule has 102 valence electrons. The summed E-state index contributed by atoms with van der Waals surface area (Å²) in [5, 5.41) is 3.77. The van der Waals surface area contributed by atoms with Crippen LogP contribution in [0, 0.1) is 5.92 Å². The largest absolute Gasteiger partial charge is 0.299 e. The molecule has 1 aromatic heterocycles. The molecule has 0 aliphatic carbocycles. The van der Waals surface area contributed by atoms with Gasteiger partial charge < -0.3 is 0 Å². The second-order valence-electron chi connectivity index (χ2n) is 5.48. The number of hydrogen-bond acceptors (Lipinski definition) is 2. The van der Waals surface area contributed by atoms with Crippen molar-refractivity contribution in [3.8, 4) is 0 Å². The van der Waals surface area contributed by atoms with Crippen molar-refractivity contribution in [3.05, 3.63) is 35.2 Å². The molecule has 1 aromatic carbocycles. The number of piperidine rings is 1. The fourth-order valence-electron chi connectivity index (χ4n) is 3.08. The summed E-state index contributed by atoms with van der Waals surface area (Å²) in [6.07, 6.45) is 3.85. The molecule has 3 rings (SSSR count). The third kappa shape index (κ3) is 3.13. The molecule has 1 saturated heterocycles. The van der Waals surface area contributed by atoms with Crippen molar-refractivity contribution >= 4 is 33.0 Å². The van der Waals surface area contributed by atoms with E-state index < -0.39 is 0 Å². The lowest BCUT2D eigenvalue weighted by Gasteiger charge is -2.32. The lowest BCUT2D eigenvalue weighted by atomic mass is 9.95. The first kappa shape index (κ1) is 13.4. The second-order valence-corrected chi connectivity index (χ2v) is 6.77. The fraction of sp³-hybridized carbons (Fsp3) is 0.500. The molecule has 19 heavy (non-hydrogen) atoms. The molecule has 0 radical (unpaired) electrons. The molecule has 2 heterocycles. The number of fused-ring (bicyclic) bond motifs is 1. The van der Waals surface area contributed by atoms with Crippen molar-refractivity contribution in [1.29, 1.82) is 0 Å². The minimum atomic E-state index is 0.802. The maximum Gasteiger partial charge on any atom is 0.0346 e. The number of hydrogen-bond donors (Lipinski definition) is 0. The van der Waals surface area contributed by atoms with Crippen LogP contribution in [0.4, 0.5) is 0 Å². The van der Waals surface area contributed by atoms with Gasteiger partial charge in [-0.3, -0.25) is 4.90 Å². The van der Waals surface area contributed by atoms with Gasteiger partial charge in [-0.1, -0.05) is 18.2 Å². The van der Waals surface area contributed by atoms with E-state index in [2.05, 4.69) is 34.5 Å². The van der Waals surface area contributed by atoms with Gasteiger partial charge >= 0.3 is 0 Å². The number of benzene rings is 1. The zero-order valence-electron chi connectivity index (χ0n) is 11.1. The Morgan fingerprint density at radius 2 is 2.21 bits per heavy atom. The predicted molar refractivity (Wildman–Crippen MR) is 85.2 cm³/mol. The van der Waals surface area contributed by atoms with Crippen molar-refractivity contribution in [2.75, 3.05) is 19.0 Å². The van der Waals surface area contributed by atoms with E-state index in [1.807, 2.05) is 11.3 Å². The smallest absolute Gasteiger partial charge is 0.0346 e. The summed E-state index contributed by atoms with van der Waals surface area (Å²) >= 11 is 7.75. The van der Waals surface area contributed by atoms with Gasteiger partial charge in [-0.25, -0.2) is 0 Å². The van der Waals surface area contributed by atoms with Gasteiger partial charge in [0.15, 0.2) is 0 Å². The molecule has 1 nitrogen and oxygen atoms in total. The van der Waals surface area contributed by atoms with E-state index in [4.69, 9.17) is 11.6 Å². The molecule has 0 spiro atoms. The van der Waals surface area contributed by atoms with Crippen molar-refractivity contribution in [3.63, 3.8) is 0 Å². The highest BCUT2D eigenvalue weighted by molar-refractivity contribution is 7.17. The number of thiophene rings is 1. The first-order valence-electron chi connectivity index (χ1n) is 7.10. The van der Waals surface area contributed by atoms with E-state index in [1.54, 1.807) is 0 Å². The molecular weight excluding hydrogens is 274 g/mol. The summed E-state index contributed by atoms with van der Waals surface area (Å²) in [6.45, 7) is 3.56. The van der Waals surface area contributed by atoms with Crippen LogP contribution >= 0.6 is 22.9 Å². The molecular formula is C16H20ClNS. The normalized spacial score (nSPS) is 21.0. The second kappa shape index (κ2) is 6.25. The molecule has 1 aliphatic heterocycles. The van der Waals surface area contributed by atoms with Crippen LogP contribution in [0.3, 0.4) is 0 Å². The van der Waals surface area contributed by atoms with Crippen molar-refractivity contribution < 1.29 is 0 Å². The van der Waals surface area contributed by atoms with Gasteiger partial charge in [-0.2, -0.15) is 0 Å². The van der Waals surface area contributed by atoms with Crippen molar-refractivity contribution in [1.82, 2.24) is 4.90 Å². The zero-order chi connectivity index (χ0) is 13.1. The Bertz CT molecular complexity index is 534. The molecule has 1 unspecified atom stereocenters. The molecule has 0 bridgehead atoms. The third-order valence-corrected chi connectivity index (χ3v) is 5.31. The van der Waals surface area contributed by atoms with Crippen LogP contribution in [0.2, 0.25) is 0 Å². The number of likely N-dealkylation sites (tertiary alicyclic amines) is 1. The van der Waals surface area contributed by atoms with E-state index >= 15 is 0 Å². The number of rotatable bonds is 4. The van der Waals surface area contributed by atoms with Crippen LogP contribution in [0.1, 0.15) is 24.8 Å². The van der Waals surface area contributed by atoms with Crippen LogP contribution in [0.25, 0.3) is 10.1 Å². The van der Waals surface area contributed by atoms with E-state index in [1.165, 1.54) is 48.0 Å². The van der Waals surface area contributed by atoms with Gasteiger partial charge in [0.2, 0.25) is 0 Å². The Balaban J connectivity index is 1.70. The lowest BCUT2D eigenvalue weighted by Crippen LogP contribution is -2.35. The summed E-state index contributed by atoms with van der Waals surface area (Å²) in [5.74, 6) is 1.61. The molecule has 3 heteroatoms. The van der Waals surface area contributed by atoms with E-state index in [0.29, 0.717) is 0 Å². The topological polar surface area (TPSA) is 3.24 Å². The van der Waals surface area contributed by atoms with Crippen molar-refractivity contribution in [2.45, 2.75) is 25.8 Å². The first-order chi connectivity index (χ1) is 9.36. The van der Waals surface area contributed by atoms with Crippen LogP contribution in [-0.4, -0.2) is 23.9 Å². The maximum absolute atomic E-state index is 5.89. The van der Waals surface area contributed by atoms with Gasteiger partial charge in [0, 0.05) is 23.7 Å². The Hall–Kier alpha value is -0.570. The van der Waals surface area contributed by atoms with Crippen molar-refractivity contribution in [2.24, 2.45) is 5.92 Å². The fourth-order valence-corrected chi connectivity index (χ4v) is 4.34. The molecule has 1 aliphatic rings. The first-order valence-corrected chi connectivity index (χ1v) is 8.51. The molecule has 1 atom stereocenters. The number of halogens is 1. The predicted octanol–water partition coefficient (Wildman–Crippen LogP) is 4.74. The van der Waals surface area contributed by atoms with E-state index in [0.717, 1.165) is 18.3 Å². The Labute approximate surface area is 124 Å². The average Bonchev–Trinajstić information content (AvgIpc) is 2.83. The molecule has 2 aromatic rings. The van der Waals surface area contributed by atoms with Gasteiger partial charge in [-0.15, -0.1) is 22.9 Å². The lowest BCUT2D eigenvalue weighted by molar-refractivity contribution is 0.166. The average molecular weight is 294 g/mol. The monoisotopic (exact) mass is 293 g/mol. The summed E-state index contributed by atoms with van der Waals surface area (Å²) in [7, 11) is 0. The Morgan fingerprint density at radius 1 is 1.32 bits per heavy atom. The quantitative estimate of drug-likeness (QED) is 0.736. The zero-order valence-corrected chi connectivity index (χ0v) is 12.7. The standard InChI is InChI=1S/C16H20ClNS/c17-8-7-13-4-3-9-18(10-13)11-14-12-19-16-6-2-1-5-15(14)16/h1-2,5-6,12-13H,3-4,7-11H2. The van der Waals surface area contributed by atoms with Crippen LogP contribution in [0.15, 0.2) is 29.6 Å². The van der Waals surface area contributed by atoms with Crippen LogP contribution in [0.5, 0.6) is 0 Å². The highest BCUT2D eigenvalue weighted by Crippen LogP contribution is 2.28. The number of nitrogens with zero attached hydrogens (tertiary/aromatic N) is 1. The Kier molecular flexibility index (Phi) is 4.42. The molecule has 0 amide bonds. The SMILES string of the molecule is ClCCC1CCCN(Cc2csc3ccccc23)C1. The van der Waals surface area contributed by atoms with E-state index in [-0.39, 0.29) is 0 Å². The van der Waals surface area contributed by atoms with Gasteiger partial charge in [-0.05, 0) is 54.1 Å². The highest BCUT2D eigenvalue weighted by Gasteiger charge is 2.20. The van der Waals surface area contributed by atoms with Crippen LogP contribution in [-0.2, 0) is 6.54 Å². The summed E-state index contributed by atoms with van der Waals surface area (Å²) in [4.78, 5) is 2.61. The minimum absolute atomic E-state index is 0.802. The summed E-state index contributed by atoms with van der Waals surface area (Å²) in [6, 6.07) is 8.74. The maximum atomic E-state index is 5.89. The van der Waals surface area contributed by atoms with Gasteiger partial charge in [0.05, 0.1) is 0 Å². The van der Waals surface area contributed by atoms with Crippen LogP contribution < -0.4 is 0 Å². The minimum Gasteiger partial charge on any atom is -0.299 e. The molecule has 0 saturated carbocycles. The molecule has 1 fully saturated rings. The third-order valence-electron chi connectivity index (χ3n) is 4.08. The molecule has 0 N–H and O–H groups in total. The van der Waals surface area contributed by atoms with Gasteiger partial charge in [0.25, 0.3) is 0 Å². The number of alkyl halides is 1. The van der Waals surface area contributed by atoms with E-state index in [9.17, 15) is 0 Å².